The van der Waals surface area contributed by atoms with Crippen LogP contribution in [0, 0.1) is 0 Å². The molecular weight excluding hydrogens is 244 g/mol. The molecule has 1 aliphatic heterocycles. The molecule has 1 saturated heterocycles. The maximum Gasteiger partial charge on any atom is 0.247 e. The lowest BCUT2D eigenvalue weighted by molar-refractivity contribution is -0.138. The Labute approximate surface area is 111 Å². The highest BCUT2D eigenvalue weighted by molar-refractivity contribution is 6.03. The number of aryl methyl sites for hydroxylation is 1. The molecule has 3 rings (SSSR count). The standard InChI is InChI=1S/C14H16N2O3/c1-19-11-3-2-9-4-5-14(7-10(9)6-11)13(18)16-12(17)8-15-14/h2-3,6,15H,4-5,7-8H2,1H3,(H,16,17,18). The van der Waals surface area contributed by atoms with Crippen molar-refractivity contribution in [1.29, 1.82) is 0 Å². The van der Waals surface area contributed by atoms with Crippen LogP contribution < -0.4 is 15.4 Å². The Morgan fingerprint density at radius 2 is 2.11 bits per heavy atom. The number of carbonyl (C=O) groups excluding carboxylic acids is 2. The third-order valence-electron chi connectivity index (χ3n) is 4.00. The van der Waals surface area contributed by atoms with Crippen molar-refractivity contribution in [2.24, 2.45) is 0 Å². The van der Waals surface area contributed by atoms with Crippen molar-refractivity contribution in [3.63, 3.8) is 0 Å². The number of carbonyl (C=O) groups is 2. The number of imide groups is 1. The lowest BCUT2D eigenvalue weighted by atomic mass is 9.76. The Bertz CT molecular complexity index is 556. The fourth-order valence-corrected chi connectivity index (χ4v) is 2.86. The molecule has 5 heteroatoms. The second kappa shape index (κ2) is 4.35. The lowest BCUT2D eigenvalue weighted by Gasteiger charge is -2.40. The van der Waals surface area contributed by atoms with Gasteiger partial charge in [0, 0.05) is 6.42 Å². The van der Waals surface area contributed by atoms with Gasteiger partial charge in [-0.05, 0) is 36.1 Å². The van der Waals surface area contributed by atoms with E-state index in [0.717, 1.165) is 17.7 Å². The van der Waals surface area contributed by atoms with Gasteiger partial charge >= 0.3 is 0 Å². The summed E-state index contributed by atoms with van der Waals surface area (Å²) < 4.78 is 5.22. The smallest absolute Gasteiger partial charge is 0.247 e. The number of methoxy groups -OCH3 is 1. The first-order valence-electron chi connectivity index (χ1n) is 6.38. The van der Waals surface area contributed by atoms with Gasteiger partial charge in [0.2, 0.25) is 11.8 Å². The lowest BCUT2D eigenvalue weighted by Crippen LogP contribution is -2.67. The Hall–Kier alpha value is -1.88. The van der Waals surface area contributed by atoms with Gasteiger partial charge in [0.1, 0.15) is 11.3 Å². The van der Waals surface area contributed by atoms with Gasteiger partial charge in [-0.25, -0.2) is 0 Å². The zero-order chi connectivity index (χ0) is 13.5. The van der Waals surface area contributed by atoms with Crippen LogP contribution in [0.5, 0.6) is 5.75 Å². The number of hydrogen-bond acceptors (Lipinski definition) is 4. The predicted molar refractivity (Wildman–Crippen MR) is 68.9 cm³/mol. The summed E-state index contributed by atoms with van der Waals surface area (Å²) in [5.74, 6) is 0.326. The van der Waals surface area contributed by atoms with Crippen LogP contribution >= 0.6 is 0 Å². The number of amides is 2. The molecule has 0 saturated carbocycles. The molecule has 1 atom stereocenters. The fraction of sp³-hybridized carbons (Fsp3) is 0.429. The molecule has 19 heavy (non-hydrogen) atoms. The molecule has 1 aromatic carbocycles. The van der Waals surface area contributed by atoms with Crippen molar-refractivity contribution in [2.75, 3.05) is 13.7 Å². The molecule has 0 aromatic heterocycles. The first-order valence-corrected chi connectivity index (χ1v) is 6.38. The van der Waals surface area contributed by atoms with Gasteiger partial charge in [0.15, 0.2) is 0 Å². The van der Waals surface area contributed by atoms with Crippen LogP contribution in [-0.2, 0) is 22.4 Å². The number of nitrogens with one attached hydrogen (secondary N) is 2. The summed E-state index contributed by atoms with van der Waals surface area (Å²) in [6, 6.07) is 5.96. The summed E-state index contributed by atoms with van der Waals surface area (Å²) in [6.07, 6.45) is 2.14. The summed E-state index contributed by atoms with van der Waals surface area (Å²) in [7, 11) is 1.63. The van der Waals surface area contributed by atoms with Gasteiger partial charge in [0.25, 0.3) is 0 Å². The van der Waals surface area contributed by atoms with E-state index in [0.29, 0.717) is 12.8 Å². The number of hydrogen-bond donors (Lipinski definition) is 2. The van der Waals surface area contributed by atoms with Crippen LogP contribution in [-0.4, -0.2) is 31.0 Å². The summed E-state index contributed by atoms with van der Waals surface area (Å²) in [5, 5.41) is 5.54. The average molecular weight is 260 g/mol. The van der Waals surface area contributed by atoms with E-state index < -0.39 is 5.54 Å². The molecule has 1 aromatic rings. The minimum atomic E-state index is -0.646. The van der Waals surface area contributed by atoms with Crippen molar-refractivity contribution >= 4 is 11.8 Å². The summed E-state index contributed by atoms with van der Waals surface area (Å²) >= 11 is 0. The second-order valence-electron chi connectivity index (χ2n) is 5.12. The quantitative estimate of drug-likeness (QED) is 0.706. The molecule has 1 fully saturated rings. The fourth-order valence-electron chi connectivity index (χ4n) is 2.86. The van der Waals surface area contributed by atoms with Crippen molar-refractivity contribution in [3.05, 3.63) is 29.3 Å². The number of fused-ring (bicyclic) bond motifs is 1. The first kappa shape index (κ1) is 12.2. The monoisotopic (exact) mass is 260 g/mol. The molecule has 2 aliphatic rings. The van der Waals surface area contributed by atoms with Crippen LogP contribution in [0.1, 0.15) is 17.5 Å². The van der Waals surface area contributed by atoms with E-state index in [-0.39, 0.29) is 18.4 Å². The van der Waals surface area contributed by atoms with E-state index in [9.17, 15) is 9.59 Å². The predicted octanol–water partition coefficient (Wildman–Crippen LogP) is 0.169. The zero-order valence-corrected chi connectivity index (χ0v) is 10.8. The van der Waals surface area contributed by atoms with Gasteiger partial charge in [-0.15, -0.1) is 0 Å². The van der Waals surface area contributed by atoms with Gasteiger partial charge in [-0.3, -0.25) is 20.2 Å². The Kier molecular flexibility index (Phi) is 2.78. The SMILES string of the molecule is COc1ccc2c(c1)CC1(CC2)NCC(=O)NC1=O. The van der Waals surface area contributed by atoms with Crippen LogP contribution in [0.2, 0.25) is 0 Å². The van der Waals surface area contributed by atoms with E-state index >= 15 is 0 Å². The molecule has 2 amide bonds. The molecule has 100 valence electrons. The minimum Gasteiger partial charge on any atom is -0.497 e. The van der Waals surface area contributed by atoms with Gasteiger partial charge in [0.05, 0.1) is 13.7 Å². The Balaban J connectivity index is 1.92. The maximum atomic E-state index is 12.1. The number of benzene rings is 1. The molecule has 0 radical (unpaired) electrons. The van der Waals surface area contributed by atoms with Gasteiger partial charge in [-0.2, -0.15) is 0 Å². The Morgan fingerprint density at radius 3 is 2.84 bits per heavy atom. The van der Waals surface area contributed by atoms with E-state index in [1.165, 1.54) is 5.56 Å². The Morgan fingerprint density at radius 1 is 1.26 bits per heavy atom. The largest absolute Gasteiger partial charge is 0.497 e. The van der Waals surface area contributed by atoms with Crippen LogP contribution in [0.3, 0.4) is 0 Å². The average Bonchev–Trinajstić information content (AvgIpc) is 2.43. The number of piperazine rings is 1. The third-order valence-corrected chi connectivity index (χ3v) is 4.00. The second-order valence-corrected chi connectivity index (χ2v) is 5.12. The molecule has 1 aliphatic carbocycles. The zero-order valence-electron chi connectivity index (χ0n) is 10.8. The summed E-state index contributed by atoms with van der Waals surface area (Å²) in [4.78, 5) is 23.4. The number of ether oxygens (including phenoxy) is 1. The van der Waals surface area contributed by atoms with Crippen LogP contribution in [0.4, 0.5) is 0 Å². The van der Waals surface area contributed by atoms with E-state index in [4.69, 9.17) is 4.74 Å². The highest BCUT2D eigenvalue weighted by Gasteiger charge is 2.44. The van der Waals surface area contributed by atoms with E-state index in [1.54, 1.807) is 7.11 Å². The van der Waals surface area contributed by atoms with Crippen LogP contribution in [0.15, 0.2) is 18.2 Å². The molecule has 1 heterocycles. The molecule has 1 unspecified atom stereocenters. The summed E-state index contributed by atoms with van der Waals surface area (Å²) in [5.41, 5.74) is 1.72. The molecule has 5 nitrogen and oxygen atoms in total. The van der Waals surface area contributed by atoms with Crippen molar-refractivity contribution in [2.45, 2.75) is 24.8 Å². The maximum absolute atomic E-state index is 12.1. The molecule has 2 N–H and O–H groups in total. The van der Waals surface area contributed by atoms with E-state index in [1.807, 2.05) is 18.2 Å². The molecule has 1 spiro atoms. The third kappa shape index (κ3) is 2.00. The topological polar surface area (TPSA) is 67.4 Å². The number of rotatable bonds is 1. The molecular formula is C14H16N2O3. The minimum absolute atomic E-state index is 0.199. The van der Waals surface area contributed by atoms with Gasteiger partial charge < -0.3 is 4.74 Å². The van der Waals surface area contributed by atoms with Crippen molar-refractivity contribution < 1.29 is 14.3 Å². The van der Waals surface area contributed by atoms with Crippen molar-refractivity contribution in [1.82, 2.24) is 10.6 Å². The normalized spacial score (nSPS) is 25.9. The van der Waals surface area contributed by atoms with E-state index in [2.05, 4.69) is 10.6 Å². The highest BCUT2D eigenvalue weighted by atomic mass is 16.5. The first-order chi connectivity index (χ1) is 9.13. The van der Waals surface area contributed by atoms with Gasteiger partial charge in [-0.1, -0.05) is 6.07 Å². The van der Waals surface area contributed by atoms with Crippen molar-refractivity contribution in [3.8, 4) is 5.75 Å². The van der Waals surface area contributed by atoms with Crippen LogP contribution in [0.25, 0.3) is 0 Å². The summed E-state index contributed by atoms with van der Waals surface area (Å²) in [6.45, 7) is 0.199. The molecule has 0 bridgehead atoms. The highest BCUT2D eigenvalue weighted by Crippen LogP contribution is 2.32.